The van der Waals surface area contributed by atoms with Gasteiger partial charge in [0.05, 0.1) is 6.20 Å². The van der Waals surface area contributed by atoms with E-state index in [0.29, 0.717) is 18.8 Å². The summed E-state index contributed by atoms with van der Waals surface area (Å²) in [5.41, 5.74) is -0.769. The average Bonchev–Trinajstić information content (AvgIpc) is 2.97. The Balaban J connectivity index is 2.03. The largest absolute Gasteiger partial charge is 0.481 e. The van der Waals surface area contributed by atoms with Crippen LogP contribution >= 0.6 is 0 Å². The molecule has 19 heavy (non-hydrogen) atoms. The SMILES string of the molecule is CC(C)(C(=O)N1CCC(CC(=O)O)C1)c1ccno1. The molecule has 1 aliphatic rings. The van der Waals surface area contributed by atoms with E-state index in [9.17, 15) is 9.59 Å². The molecule has 1 fully saturated rings. The molecule has 0 aliphatic carbocycles. The summed E-state index contributed by atoms with van der Waals surface area (Å²) in [5, 5.41) is 12.4. The molecule has 0 radical (unpaired) electrons. The number of carboxylic acids is 1. The van der Waals surface area contributed by atoms with E-state index in [4.69, 9.17) is 9.63 Å². The molecule has 1 aromatic heterocycles. The predicted molar refractivity (Wildman–Crippen MR) is 66.5 cm³/mol. The molecule has 1 aromatic rings. The lowest BCUT2D eigenvalue weighted by molar-refractivity contribution is -0.139. The second-order valence-electron chi connectivity index (χ2n) is 5.51. The fraction of sp³-hybridized carbons (Fsp3) is 0.615. The maximum atomic E-state index is 12.5. The lowest BCUT2D eigenvalue weighted by Gasteiger charge is -2.27. The highest BCUT2D eigenvalue weighted by Gasteiger charge is 2.39. The number of carbonyl (C=O) groups excluding carboxylic acids is 1. The third kappa shape index (κ3) is 2.77. The summed E-state index contributed by atoms with van der Waals surface area (Å²) in [6, 6.07) is 1.68. The minimum Gasteiger partial charge on any atom is -0.481 e. The van der Waals surface area contributed by atoms with Gasteiger partial charge in [0, 0.05) is 25.6 Å². The first kappa shape index (κ1) is 13.6. The molecule has 0 saturated carbocycles. The lowest BCUT2D eigenvalue weighted by atomic mass is 9.88. The third-order valence-electron chi connectivity index (χ3n) is 3.62. The second-order valence-corrected chi connectivity index (χ2v) is 5.51. The van der Waals surface area contributed by atoms with Crippen LogP contribution in [0.1, 0.15) is 32.4 Å². The summed E-state index contributed by atoms with van der Waals surface area (Å²) in [6.07, 6.45) is 2.37. The molecule has 0 spiro atoms. The fourth-order valence-electron chi connectivity index (χ4n) is 2.47. The van der Waals surface area contributed by atoms with Gasteiger partial charge in [0.1, 0.15) is 5.41 Å². The average molecular weight is 266 g/mol. The summed E-state index contributed by atoms with van der Waals surface area (Å²) in [4.78, 5) is 24.9. The minimum atomic E-state index is -0.811. The predicted octanol–water partition coefficient (Wildman–Crippen LogP) is 1.28. The Labute approximate surface area is 111 Å². The van der Waals surface area contributed by atoms with Crippen LogP contribution in [0.5, 0.6) is 0 Å². The van der Waals surface area contributed by atoms with Gasteiger partial charge in [-0.1, -0.05) is 5.16 Å². The summed E-state index contributed by atoms with van der Waals surface area (Å²) in [6.45, 7) is 4.69. The second kappa shape index (κ2) is 5.03. The van der Waals surface area contributed by atoms with Crippen molar-refractivity contribution in [2.24, 2.45) is 5.92 Å². The summed E-state index contributed by atoms with van der Waals surface area (Å²) < 4.78 is 5.08. The van der Waals surface area contributed by atoms with Gasteiger partial charge in [-0.3, -0.25) is 9.59 Å². The number of aliphatic carboxylic acids is 1. The monoisotopic (exact) mass is 266 g/mol. The van der Waals surface area contributed by atoms with E-state index in [-0.39, 0.29) is 18.2 Å². The molecule has 0 aromatic carbocycles. The van der Waals surface area contributed by atoms with Crippen molar-refractivity contribution in [1.29, 1.82) is 0 Å². The number of likely N-dealkylation sites (tertiary alicyclic amines) is 1. The van der Waals surface area contributed by atoms with Crippen molar-refractivity contribution in [1.82, 2.24) is 10.1 Å². The summed E-state index contributed by atoms with van der Waals surface area (Å²) in [5.74, 6) is -0.280. The standard InChI is InChI=1S/C13H18N2O4/c1-13(2,10-3-5-14-19-10)12(18)15-6-4-9(8-15)7-11(16)17/h3,5,9H,4,6-8H2,1-2H3,(H,16,17). The van der Waals surface area contributed by atoms with Gasteiger partial charge in [-0.2, -0.15) is 0 Å². The first-order valence-electron chi connectivity index (χ1n) is 6.33. The third-order valence-corrected chi connectivity index (χ3v) is 3.62. The summed E-state index contributed by atoms with van der Waals surface area (Å²) >= 11 is 0. The van der Waals surface area contributed by atoms with Crippen molar-refractivity contribution in [2.45, 2.75) is 32.1 Å². The van der Waals surface area contributed by atoms with Gasteiger partial charge in [-0.05, 0) is 26.2 Å². The van der Waals surface area contributed by atoms with E-state index >= 15 is 0 Å². The number of carbonyl (C=O) groups is 2. The fourth-order valence-corrected chi connectivity index (χ4v) is 2.47. The molecule has 104 valence electrons. The van der Waals surface area contributed by atoms with Crippen molar-refractivity contribution >= 4 is 11.9 Å². The van der Waals surface area contributed by atoms with E-state index in [2.05, 4.69) is 5.16 Å². The van der Waals surface area contributed by atoms with Crippen LogP contribution in [0.15, 0.2) is 16.8 Å². The van der Waals surface area contributed by atoms with Crippen molar-refractivity contribution in [3.63, 3.8) is 0 Å². The molecule has 6 heteroatoms. The summed E-state index contributed by atoms with van der Waals surface area (Å²) in [7, 11) is 0. The van der Waals surface area contributed by atoms with Crippen LogP contribution in [0.4, 0.5) is 0 Å². The van der Waals surface area contributed by atoms with Crippen molar-refractivity contribution < 1.29 is 19.2 Å². The van der Waals surface area contributed by atoms with Crippen molar-refractivity contribution in [2.75, 3.05) is 13.1 Å². The van der Waals surface area contributed by atoms with Gasteiger partial charge in [0.15, 0.2) is 5.76 Å². The number of carboxylic acid groups (broad SMARTS) is 1. The van der Waals surface area contributed by atoms with Crippen LogP contribution in [0.25, 0.3) is 0 Å². The van der Waals surface area contributed by atoms with Crippen molar-refractivity contribution in [3.8, 4) is 0 Å². The van der Waals surface area contributed by atoms with E-state index in [1.807, 2.05) is 0 Å². The highest BCUT2D eigenvalue weighted by atomic mass is 16.5. The minimum absolute atomic E-state index is 0.0443. The molecule has 6 nitrogen and oxygen atoms in total. The molecule has 0 bridgehead atoms. The zero-order valence-corrected chi connectivity index (χ0v) is 11.1. The maximum Gasteiger partial charge on any atom is 0.303 e. The zero-order chi connectivity index (χ0) is 14.0. The highest BCUT2D eigenvalue weighted by Crippen LogP contribution is 2.29. The van der Waals surface area contributed by atoms with Gasteiger partial charge >= 0.3 is 5.97 Å². The van der Waals surface area contributed by atoms with Gasteiger partial charge in [-0.15, -0.1) is 0 Å². The number of amides is 1. The van der Waals surface area contributed by atoms with E-state index in [1.165, 1.54) is 6.20 Å². The number of nitrogens with zero attached hydrogens (tertiary/aromatic N) is 2. The smallest absolute Gasteiger partial charge is 0.303 e. The Hall–Kier alpha value is -1.85. The molecule has 1 aliphatic heterocycles. The number of rotatable bonds is 4. The first-order valence-corrected chi connectivity index (χ1v) is 6.33. The van der Waals surface area contributed by atoms with E-state index in [1.54, 1.807) is 24.8 Å². The van der Waals surface area contributed by atoms with Gasteiger partial charge in [0.2, 0.25) is 5.91 Å². The zero-order valence-electron chi connectivity index (χ0n) is 11.1. The molecule has 1 atom stereocenters. The number of hydrogen-bond donors (Lipinski definition) is 1. The van der Waals surface area contributed by atoms with Gasteiger partial charge < -0.3 is 14.5 Å². The van der Waals surface area contributed by atoms with E-state index < -0.39 is 11.4 Å². The molecule has 1 amide bonds. The van der Waals surface area contributed by atoms with Gasteiger partial charge in [-0.25, -0.2) is 0 Å². The van der Waals surface area contributed by atoms with Crippen LogP contribution in [-0.2, 0) is 15.0 Å². The first-order chi connectivity index (χ1) is 8.91. The van der Waals surface area contributed by atoms with Crippen LogP contribution in [0, 0.1) is 5.92 Å². The lowest BCUT2D eigenvalue weighted by Crippen LogP contribution is -2.42. The Kier molecular flexibility index (Phi) is 3.59. The number of hydrogen-bond acceptors (Lipinski definition) is 4. The highest BCUT2D eigenvalue weighted by molar-refractivity contribution is 5.87. The molecular weight excluding hydrogens is 248 g/mol. The van der Waals surface area contributed by atoms with Gasteiger partial charge in [0.25, 0.3) is 0 Å². The Bertz CT molecular complexity index is 467. The normalized spacial score (nSPS) is 19.7. The molecule has 1 N–H and O–H groups in total. The van der Waals surface area contributed by atoms with Crippen LogP contribution in [-0.4, -0.2) is 40.1 Å². The molecular formula is C13H18N2O4. The Morgan fingerprint density at radius 1 is 1.58 bits per heavy atom. The Morgan fingerprint density at radius 2 is 2.32 bits per heavy atom. The molecule has 2 heterocycles. The number of aromatic nitrogens is 1. The quantitative estimate of drug-likeness (QED) is 0.887. The van der Waals surface area contributed by atoms with Crippen molar-refractivity contribution in [3.05, 3.63) is 18.0 Å². The Morgan fingerprint density at radius 3 is 2.89 bits per heavy atom. The maximum absolute atomic E-state index is 12.5. The van der Waals surface area contributed by atoms with Crippen LogP contribution in [0.2, 0.25) is 0 Å². The molecule has 1 saturated heterocycles. The molecule has 2 rings (SSSR count). The topological polar surface area (TPSA) is 83.6 Å². The van der Waals surface area contributed by atoms with E-state index in [0.717, 1.165) is 6.42 Å². The van der Waals surface area contributed by atoms with Crippen LogP contribution in [0.3, 0.4) is 0 Å². The molecule has 1 unspecified atom stereocenters. The van der Waals surface area contributed by atoms with Crippen LogP contribution < -0.4 is 0 Å².